The van der Waals surface area contributed by atoms with Crippen LogP contribution >= 0.6 is 0 Å². The molecule has 3 unspecified atom stereocenters. The number of carbonyl (C=O) groups is 3. The number of esters is 2. The predicted octanol–water partition coefficient (Wildman–Crippen LogP) is 4.11. The van der Waals surface area contributed by atoms with Gasteiger partial charge in [-0.2, -0.15) is 0 Å². The molecular formula is C26H29NO5. The summed E-state index contributed by atoms with van der Waals surface area (Å²) in [4.78, 5) is 40.6. The first kappa shape index (κ1) is 23.3. The molecule has 0 fully saturated rings. The van der Waals surface area contributed by atoms with Crippen LogP contribution in [-0.2, 0) is 37.0 Å². The summed E-state index contributed by atoms with van der Waals surface area (Å²) in [6.45, 7) is 4.22. The summed E-state index contributed by atoms with van der Waals surface area (Å²) in [5, 5.41) is 0. The fraction of sp³-hybridized carbons (Fsp3) is 0.346. The number of hydrogen-bond donors (Lipinski definition) is 0. The average molecular weight is 436 g/mol. The third-order valence-electron chi connectivity index (χ3n) is 5.59. The topological polar surface area (TPSA) is 72.9 Å². The van der Waals surface area contributed by atoms with Gasteiger partial charge in [-0.1, -0.05) is 73.7 Å². The van der Waals surface area contributed by atoms with E-state index in [1.807, 2.05) is 67.6 Å². The van der Waals surface area contributed by atoms with E-state index in [2.05, 4.69) is 0 Å². The Kier molecular flexibility index (Phi) is 8.20. The molecule has 0 spiro atoms. The number of ether oxygens (including phenoxy) is 2. The summed E-state index contributed by atoms with van der Waals surface area (Å²) in [5.41, 5.74) is 1.77. The lowest BCUT2D eigenvalue weighted by Gasteiger charge is -2.35. The first-order valence-corrected chi connectivity index (χ1v) is 10.9. The lowest BCUT2D eigenvalue weighted by atomic mass is 9.77. The fourth-order valence-electron chi connectivity index (χ4n) is 3.93. The molecule has 1 amide bonds. The maximum Gasteiger partial charge on any atom is 0.319 e. The molecule has 6 heteroatoms. The first-order valence-electron chi connectivity index (χ1n) is 10.9. The van der Waals surface area contributed by atoms with Gasteiger partial charge in [0, 0.05) is 12.1 Å². The summed E-state index contributed by atoms with van der Waals surface area (Å²) in [6, 6.07) is 18.8. The van der Waals surface area contributed by atoms with Crippen molar-refractivity contribution in [2.45, 2.75) is 33.4 Å². The van der Waals surface area contributed by atoms with Gasteiger partial charge in [-0.25, -0.2) is 0 Å². The zero-order valence-corrected chi connectivity index (χ0v) is 18.5. The van der Waals surface area contributed by atoms with E-state index < -0.39 is 29.7 Å². The van der Waals surface area contributed by atoms with Gasteiger partial charge >= 0.3 is 11.9 Å². The zero-order chi connectivity index (χ0) is 22.9. The van der Waals surface area contributed by atoms with E-state index in [1.54, 1.807) is 19.2 Å². The van der Waals surface area contributed by atoms with Crippen LogP contribution in [0, 0.1) is 17.8 Å². The number of nitrogens with zero attached hydrogens (tertiary/aromatic N) is 1. The van der Waals surface area contributed by atoms with Gasteiger partial charge in [0.25, 0.3) is 0 Å². The molecule has 2 aromatic rings. The van der Waals surface area contributed by atoms with Crippen LogP contribution in [0.15, 0.2) is 72.9 Å². The smallest absolute Gasteiger partial charge is 0.319 e. The van der Waals surface area contributed by atoms with E-state index in [-0.39, 0.29) is 19.1 Å². The zero-order valence-electron chi connectivity index (χ0n) is 18.5. The van der Waals surface area contributed by atoms with Gasteiger partial charge in [0.15, 0.2) is 0 Å². The van der Waals surface area contributed by atoms with Crippen molar-refractivity contribution in [3.8, 4) is 0 Å². The Bertz CT molecular complexity index is 941. The quantitative estimate of drug-likeness (QED) is 0.438. The lowest BCUT2D eigenvalue weighted by molar-refractivity contribution is -0.162. The average Bonchev–Trinajstić information content (AvgIpc) is 2.81. The van der Waals surface area contributed by atoms with E-state index in [0.717, 1.165) is 11.1 Å². The molecule has 6 nitrogen and oxygen atoms in total. The van der Waals surface area contributed by atoms with Crippen molar-refractivity contribution in [1.29, 1.82) is 0 Å². The van der Waals surface area contributed by atoms with Crippen LogP contribution in [0.3, 0.4) is 0 Å². The highest BCUT2D eigenvalue weighted by atomic mass is 16.5. The molecule has 3 atom stereocenters. The standard InChI is InChI=1S/C26H29NO5/c1-3-21(25(29)31-4-2)22-15-16-27(17-19-11-7-5-8-12-19)24(28)23(22)26(30)32-18-20-13-9-6-10-14-20/h5-16,21-23H,3-4,17-18H2,1-2H3. The van der Waals surface area contributed by atoms with Gasteiger partial charge < -0.3 is 14.4 Å². The van der Waals surface area contributed by atoms with Gasteiger partial charge in [-0.3, -0.25) is 14.4 Å². The van der Waals surface area contributed by atoms with Crippen molar-refractivity contribution in [1.82, 2.24) is 4.90 Å². The van der Waals surface area contributed by atoms with Crippen molar-refractivity contribution in [3.63, 3.8) is 0 Å². The van der Waals surface area contributed by atoms with Crippen LogP contribution in [-0.4, -0.2) is 29.4 Å². The second-order valence-corrected chi connectivity index (χ2v) is 7.71. The Morgan fingerprint density at radius 1 is 0.938 bits per heavy atom. The fourth-order valence-corrected chi connectivity index (χ4v) is 3.93. The molecule has 0 saturated carbocycles. The minimum absolute atomic E-state index is 0.0643. The van der Waals surface area contributed by atoms with Gasteiger partial charge in [-0.15, -0.1) is 0 Å². The number of rotatable bonds is 9. The highest BCUT2D eigenvalue weighted by Gasteiger charge is 2.45. The molecule has 32 heavy (non-hydrogen) atoms. The molecule has 0 aromatic heterocycles. The number of allylic oxidation sites excluding steroid dienone is 1. The van der Waals surface area contributed by atoms with Crippen molar-refractivity contribution >= 4 is 17.8 Å². The highest BCUT2D eigenvalue weighted by molar-refractivity contribution is 6.00. The molecule has 168 valence electrons. The van der Waals surface area contributed by atoms with E-state index in [9.17, 15) is 14.4 Å². The highest BCUT2D eigenvalue weighted by Crippen LogP contribution is 2.33. The van der Waals surface area contributed by atoms with Crippen LogP contribution in [0.1, 0.15) is 31.4 Å². The maximum absolute atomic E-state index is 13.4. The third-order valence-corrected chi connectivity index (χ3v) is 5.59. The van der Waals surface area contributed by atoms with Gasteiger partial charge in [0.1, 0.15) is 12.5 Å². The summed E-state index contributed by atoms with van der Waals surface area (Å²) in [7, 11) is 0. The third kappa shape index (κ3) is 5.63. The first-order chi connectivity index (χ1) is 15.5. The Morgan fingerprint density at radius 3 is 2.16 bits per heavy atom. The van der Waals surface area contributed by atoms with Crippen molar-refractivity contribution in [3.05, 3.63) is 84.1 Å². The van der Waals surface area contributed by atoms with Crippen LogP contribution in [0.5, 0.6) is 0 Å². The van der Waals surface area contributed by atoms with Crippen molar-refractivity contribution < 1.29 is 23.9 Å². The van der Waals surface area contributed by atoms with E-state index in [4.69, 9.17) is 9.47 Å². The van der Waals surface area contributed by atoms with Gasteiger partial charge in [0.2, 0.25) is 5.91 Å². The molecule has 0 N–H and O–H groups in total. The minimum Gasteiger partial charge on any atom is -0.466 e. The summed E-state index contributed by atoms with van der Waals surface area (Å²) >= 11 is 0. The van der Waals surface area contributed by atoms with Crippen LogP contribution in [0.4, 0.5) is 0 Å². The Labute approximate surface area is 188 Å². The number of benzene rings is 2. The number of amides is 1. The molecule has 0 saturated heterocycles. The summed E-state index contributed by atoms with van der Waals surface area (Å²) in [6.07, 6.45) is 3.88. The Hall–Kier alpha value is -3.41. The number of carbonyl (C=O) groups excluding carboxylic acids is 3. The molecule has 3 rings (SSSR count). The van der Waals surface area contributed by atoms with Gasteiger partial charge in [0.05, 0.1) is 19.1 Å². The molecular weight excluding hydrogens is 406 g/mol. The van der Waals surface area contributed by atoms with Crippen LogP contribution in [0.25, 0.3) is 0 Å². The Balaban J connectivity index is 1.85. The lowest BCUT2D eigenvalue weighted by Crippen LogP contribution is -2.47. The van der Waals surface area contributed by atoms with Crippen LogP contribution < -0.4 is 0 Å². The molecule has 2 aromatic carbocycles. The molecule has 1 aliphatic rings. The minimum atomic E-state index is -1.11. The number of hydrogen-bond acceptors (Lipinski definition) is 5. The second-order valence-electron chi connectivity index (χ2n) is 7.71. The second kappa shape index (κ2) is 11.3. The normalized spacial score (nSPS) is 18.8. The largest absolute Gasteiger partial charge is 0.466 e. The van der Waals surface area contributed by atoms with Gasteiger partial charge in [-0.05, 0) is 24.5 Å². The van der Waals surface area contributed by atoms with Crippen molar-refractivity contribution in [2.24, 2.45) is 17.8 Å². The Morgan fingerprint density at radius 2 is 1.56 bits per heavy atom. The molecule has 0 radical (unpaired) electrons. The van der Waals surface area contributed by atoms with E-state index >= 15 is 0 Å². The molecule has 1 aliphatic heterocycles. The summed E-state index contributed by atoms with van der Waals surface area (Å²) < 4.78 is 10.7. The molecule has 0 aliphatic carbocycles. The monoisotopic (exact) mass is 435 g/mol. The van der Waals surface area contributed by atoms with E-state index in [1.165, 1.54) is 4.90 Å². The maximum atomic E-state index is 13.4. The van der Waals surface area contributed by atoms with E-state index in [0.29, 0.717) is 13.0 Å². The predicted molar refractivity (Wildman–Crippen MR) is 120 cm³/mol. The van der Waals surface area contributed by atoms with Crippen molar-refractivity contribution in [2.75, 3.05) is 6.61 Å². The van der Waals surface area contributed by atoms with Crippen LogP contribution in [0.2, 0.25) is 0 Å². The SMILES string of the molecule is CCOC(=O)C(CC)C1C=CN(Cc2ccccc2)C(=O)C1C(=O)OCc1ccccc1. The summed E-state index contributed by atoms with van der Waals surface area (Å²) in [5.74, 6) is -3.75. The molecule has 1 heterocycles. The molecule has 0 bridgehead atoms.